The molecular weight excluding hydrogens is 214 g/mol. The summed E-state index contributed by atoms with van der Waals surface area (Å²) >= 11 is 0. The summed E-state index contributed by atoms with van der Waals surface area (Å²) < 4.78 is 1.96. The molecule has 0 unspecified atom stereocenters. The normalized spacial score (nSPS) is 10.8. The molecule has 0 aliphatic heterocycles. The lowest BCUT2D eigenvalue weighted by Gasteiger charge is -2.12. The Bertz CT molecular complexity index is 482. The molecule has 0 spiro atoms. The Morgan fingerprint density at radius 3 is 2.94 bits per heavy atom. The SMILES string of the molecule is CC(C)n1cccc1C(=O)NCc1cc[nH]c1. The average Bonchev–Trinajstić information content (AvgIpc) is 2.96. The first-order valence-electron chi connectivity index (χ1n) is 5.75. The second kappa shape index (κ2) is 4.91. The lowest BCUT2D eigenvalue weighted by molar-refractivity contribution is 0.0940. The van der Waals surface area contributed by atoms with Gasteiger partial charge >= 0.3 is 0 Å². The van der Waals surface area contributed by atoms with Crippen molar-refractivity contribution < 1.29 is 4.79 Å². The molecule has 0 radical (unpaired) electrons. The number of nitrogens with zero attached hydrogens (tertiary/aromatic N) is 1. The summed E-state index contributed by atoms with van der Waals surface area (Å²) in [6, 6.07) is 5.97. The molecular formula is C13H17N3O. The molecule has 0 aromatic carbocycles. The molecule has 2 aromatic rings. The van der Waals surface area contributed by atoms with Crippen molar-refractivity contribution in [1.29, 1.82) is 0 Å². The predicted molar refractivity (Wildman–Crippen MR) is 66.8 cm³/mol. The van der Waals surface area contributed by atoms with Crippen LogP contribution in [0.3, 0.4) is 0 Å². The van der Waals surface area contributed by atoms with Crippen molar-refractivity contribution in [1.82, 2.24) is 14.9 Å². The molecule has 2 heterocycles. The van der Waals surface area contributed by atoms with Gasteiger partial charge in [-0.15, -0.1) is 0 Å². The minimum absolute atomic E-state index is 0.0371. The summed E-state index contributed by atoms with van der Waals surface area (Å²) in [4.78, 5) is 14.9. The second-order valence-corrected chi connectivity index (χ2v) is 4.30. The van der Waals surface area contributed by atoms with Crippen LogP contribution < -0.4 is 5.32 Å². The van der Waals surface area contributed by atoms with Gasteiger partial charge in [-0.3, -0.25) is 4.79 Å². The van der Waals surface area contributed by atoms with Gasteiger partial charge in [0, 0.05) is 31.2 Å². The van der Waals surface area contributed by atoms with Gasteiger partial charge in [-0.2, -0.15) is 0 Å². The van der Waals surface area contributed by atoms with Crippen LogP contribution in [0.15, 0.2) is 36.8 Å². The highest BCUT2D eigenvalue weighted by atomic mass is 16.1. The molecule has 0 aliphatic rings. The van der Waals surface area contributed by atoms with Crippen molar-refractivity contribution in [2.75, 3.05) is 0 Å². The number of carbonyl (C=O) groups excluding carboxylic acids is 1. The Labute approximate surface area is 101 Å². The van der Waals surface area contributed by atoms with Gasteiger partial charge in [-0.05, 0) is 37.6 Å². The van der Waals surface area contributed by atoms with Crippen molar-refractivity contribution in [3.05, 3.63) is 48.0 Å². The molecule has 1 amide bonds. The lowest BCUT2D eigenvalue weighted by atomic mass is 10.3. The largest absolute Gasteiger partial charge is 0.367 e. The van der Waals surface area contributed by atoms with E-state index in [9.17, 15) is 4.79 Å². The Morgan fingerprint density at radius 2 is 2.29 bits per heavy atom. The van der Waals surface area contributed by atoms with Crippen molar-refractivity contribution >= 4 is 5.91 Å². The van der Waals surface area contributed by atoms with Crippen molar-refractivity contribution in [3.8, 4) is 0 Å². The Kier molecular flexibility index (Phi) is 3.32. The fraction of sp³-hybridized carbons (Fsp3) is 0.308. The number of hydrogen-bond donors (Lipinski definition) is 2. The Hall–Kier alpha value is -1.97. The highest BCUT2D eigenvalue weighted by molar-refractivity contribution is 5.92. The molecule has 0 saturated heterocycles. The molecule has 0 atom stereocenters. The molecule has 4 heteroatoms. The molecule has 4 nitrogen and oxygen atoms in total. The number of aromatic nitrogens is 2. The number of amides is 1. The van der Waals surface area contributed by atoms with Crippen LogP contribution in [-0.2, 0) is 6.54 Å². The number of hydrogen-bond acceptors (Lipinski definition) is 1. The van der Waals surface area contributed by atoms with Crippen LogP contribution in [0.1, 0.15) is 35.9 Å². The first-order chi connectivity index (χ1) is 8.18. The standard InChI is InChI=1S/C13H17N3O/c1-10(2)16-7-3-4-12(16)13(17)15-9-11-5-6-14-8-11/h3-8,10,14H,9H2,1-2H3,(H,15,17). The summed E-state index contributed by atoms with van der Waals surface area (Å²) in [6.07, 6.45) is 5.65. The van der Waals surface area contributed by atoms with Crippen LogP contribution in [0.5, 0.6) is 0 Å². The second-order valence-electron chi connectivity index (χ2n) is 4.30. The third kappa shape index (κ3) is 2.58. The third-order valence-electron chi connectivity index (χ3n) is 2.68. The molecule has 90 valence electrons. The zero-order valence-electron chi connectivity index (χ0n) is 10.1. The van der Waals surface area contributed by atoms with E-state index < -0.39 is 0 Å². The molecule has 0 aliphatic carbocycles. The summed E-state index contributed by atoms with van der Waals surface area (Å²) in [5.74, 6) is -0.0371. The lowest BCUT2D eigenvalue weighted by Crippen LogP contribution is -2.25. The molecule has 2 rings (SSSR count). The topological polar surface area (TPSA) is 49.8 Å². The van der Waals surface area contributed by atoms with Crippen LogP contribution in [0.25, 0.3) is 0 Å². The smallest absolute Gasteiger partial charge is 0.268 e. The minimum Gasteiger partial charge on any atom is -0.367 e. The quantitative estimate of drug-likeness (QED) is 0.833. The van der Waals surface area contributed by atoms with Crippen LogP contribution in [-0.4, -0.2) is 15.5 Å². The van der Waals surface area contributed by atoms with Gasteiger partial charge in [0.25, 0.3) is 5.91 Å². The summed E-state index contributed by atoms with van der Waals surface area (Å²) in [5.41, 5.74) is 1.77. The Balaban J connectivity index is 2.02. The van der Waals surface area contributed by atoms with Gasteiger partial charge < -0.3 is 14.9 Å². The van der Waals surface area contributed by atoms with Crippen LogP contribution in [0.2, 0.25) is 0 Å². The zero-order chi connectivity index (χ0) is 12.3. The van der Waals surface area contributed by atoms with Crippen LogP contribution >= 0.6 is 0 Å². The van der Waals surface area contributed by atoms with Gasteiger partial charge in [0.15, 0.2) is 0 Å². The van der Waals surface area contributed by atoms with E-state index in [4.69, 9.17) is 0 Å². The average molecular weight is 231 g/mol. The first-order valence-corrected chi connectivity index (χ1v) is 5.75. The van der Waals surface area contributed by atoms with Crippen LogP contribution in [0.4, 0.5) is 0 Å². The molecule has 2 N–H and O–H groups in total. The fourth-order valence-corrected chi connectivity index (χ4v) is 1.78. The van der Waals surface area contributed by atoms with E-state index >= 15 is 0 Å². The zero-order valence-corrected chi connectivity index (χ0v) is 10.1. The van der Waals surface area contributed by atoms with Crippen LogP contribution in [0, 0.1) is 0 Å². The minimum atomic E-state index is -0.0371. The van der Waals surface area contributed by atoms with Gasteiger partial charge in [0.1, 0.15) is 5.69 Å². The van der Waals surface area contributed by atoms with E-state index in [1.807, 2.05) is 41.4 Å². The summed E-state index contributed by atoms with van der Waals surface area (Å²) in [7, 11) is 0. The number of H-pyrrole nitrogens is 1. The molecule has 17 heavy (non-hydrogen) atoms. The van der Waals surface area contributed by atoms with Gasteiger partial charge in [-0.25, -0.2) is 0 Å². The molecule has 2 aromatic heterocycles. The number of carbonyl (C=O) groups is 1. The van der Waals surface area contributed by atoms with E-state index in [1.54, 1.807) is 0 Å². The monoisotopic (exact) mass is 231 g/mol. The maximum Gasteiger partial charge on any atom is 0.268 e. The highest BCUT2D eigenvalue weighted by Crippen LogP contribution is 2.10. The van der Waals surface area contributed by atoms with E-state index in [0.717, 1.165) is 5.56 Å². The Morgan fingerprint density at radius 1 is 1.47 bits per heavy atom. The van der Waals surface area contributed by atoms with E-state index in [1.165, 1.54) is 0 Å². The summed E-state index contributed by atoms with van der Waals surface area (Å²) in [6.45, 7) is 4.66. The third-order valence-corrected chi connectivity index (χ3v) is 2.68. The number of nitrogens with one attached hydrogen (secondary N) is 2. The maximum absolute atomic E-state index is 12.0. The first kappa shape index (κ1) is 11.5. The van der Waals surface area contributed by atoms with E-state index in [-0.39, 0.29) is 11.9 Å². The van der Waals surface area contributed by atoms with Crippen molar-refractivity contribution in [2.45, 2.75) is 26.4 Å². The number of aromatic amines is 1. The summed E-state index contributed by atoms with van der Waals surface area (Å²) in [5, 5.41) is 2.90. The fourth-order valence-electron chi connectivity index (χ4n) is 1.78. The molecule has 0 saturated carbocycles. The maximum atomic E-state index is 12.0. The molecule has 0 fully saturated rings. The van der Waals surface area contributed by atoms with E-state index in [2.05, 4.69) is 24.1 Å². The van der Waals surface area contributed by atoms with Gasteiger partial charge in [-0.1, -0.05) is 0 Å². The predicted octanol–water partition coefficient (Wildman–Crippen LogP) is 2.33. The number of rotatable bonds is 4. The highest BCUT2D eigenvalue weighted by Gasteiger charge is 2.11. The van der Waals surface area contributed by atoms with Crippen molar-refractivity contribution in [2.24, 2.45) is 0 Å². The molecule has 0 bridgehead atoms. The van der Waals surface area contributed by atoms with Gasteiger partial charge in [0.2, 0.25) is 0 Å². The van der Waals surface area contributed by atoms with Gasteiger partial charge in [0.05, 0.1) is 0 Å². The van der Waals surface area contributed by atoms with Crippen molar-refractivity contribution in [3.63, 3.8) is 0 Å². The van der Waals surface area contributed by atoms with E-state index in [0.29, 0.717) is 12.2 Å².